The first-order chi connectivity index (χ1) is 14.7. The number of rotatable bonds is 9. The summed E-state index contributed by atoms with van der Waals surface area (Å²) in [7, 11) is 0.0425. The Morgan fingerprint density at radius 3 is 2.41 bits per heavy atom. The van der Waals surface area contributed by atoms with Gasteiger partial charge in [-0.2, -0.15) is 0 Å². The van der Waals surface area contributed by atoms with Crippen LogP contribution in [0.15, 0.2) is 47.4 Å². The van der Waals surface area contributed by atoms with Crippen molar-refractivity contribution in [2.75, 3.05) is 44.4 Å². The maximum atomic E-state index is 13.1. The van der Waals surface area contributed by atoms with Gasteiger partial charge in [-0.25, -0.2) is 13.4 Å². The standard InChI is InChI=1S/C22H27N3O4S2.ClH/c1-5-29-17-8-11-19-20(14-17)30-22(23-19)25(13-12-24(3)4)21(26)15-31(27,28)18-9-6-16(2)7-10-18;/h6-11,14H,5,12-13,15H2,1-4H3;1H. The highest BCUT2D eigenvalue weighted by atomic mass is 35.5. The number of anilines is 1. The van der Waals surface area contributed by atoms with E-state index in [1.165, 1.54) is 28.4 Å². The SMILES string of the molecule is CCOc1ccc2nc(N(CCN(C)C)C(=O)CS(=O)(=O)c3ccc(C)cc3)sc2c1.Cl. The summed E-state index contributed by atoms with van der Waals surface area (Å²) in [6, 6.07) is 12.1. The molecule has 0 bridgehead atoms. The lowest BCUT2D eigenvalue weighted by molar-refractivity contribution is -0.116. The molecule has 10 heteroatoms. The zero-order valence-corrected chi connectivity index (χ0v) is 21.0. The van der Waals surface area contributed by atoms with Crippen LogP contribution in [0.1, 0.15) is 12.5 Å². The first kappa shape index (κ1) is 26.1. The second-order valence-corrected chi connectivity index (χ2v) is 10.5. The van der Waals surface area contributed by atoms with E-state index in [4.69, 9.17) is 4.74 Å². The van der Waals surface area contributed by atoms with E-state index < -0.39 is 21.5 Å². The Kier molecular flexibility index (Phi) is 9.03. The van der Waals surface area contributed by atoms with Crippen molar-refractivity contribution in [3.8, 4) is 5.75 Å². The largest absolute Gasteiger partial charge is 0.494 e. The molecule has 0 spiro atoms. The lowest BCUT2D eigenvalue weighted by Gasteiger charge is -2.22. The minimum Gasteiger partial charge on any atom is -0.494 e. The molecule has 174 valence electrons. The van der Waals surface area contributed by atoms with Crippen molar-refractivity contribution < 1.29 is 17.9 Å². The van der Waals surface area contributed by atoms with Crippen LogP contribution in [0.4, 0.5) is 5.13 Å². The van der Waals surface area contributed by atoms with E-state index >= 15 is 0 Å². The molecule has 32 heavy (non-hydrogen) atoms. The smallest absolute Gasteiger partial charge is 0.244 e. The maximum absolute atomic E-state index is 13.1. The van der Waals surface area contributed by atoms with Gasteiger partial charge < -0.3 is 9.64 Å². The van der Waals surface area contributed by atoms with Gasteiger partial charge in [-0.15, -0.1) is 12.4 Å². The lowest BCUT2D eigenvalue weighted by Crippen LogP contribution is -2.40. The highest BCUT2D eigenvalue weighted by Crippen LogP contribution is 2.32. The summed E-state index contributed by atoms with van der Waals surface area (Å²) in [5.41, 5.74) is 1.70. The molecular formula is C22H28ClN3O4S2. The van der Waals surface area contributed by atoms with Crippen molar-refractivity contribution in [2.45, 2.75) is 18.7 Å². The number of hydrogen-bond donors (Lipinski definition) is 0. The molecule has 3 rings (SSSR count). The number of hydrogen-bond acceptors (Lipinski definition) is 7. The van der Waals surface area contributed by atoms with Gasteiger partial charge in [0.2, 0.25) is 5.91 Å². The summed E-state index contributed by atoms with van der Waals surface area (Å²) in [5.74, 6) is -0.367. The van der Waals surface area contributed by atoms with Crippen molar-refractivity contribution in [1.82, 2.24) is 9.88 Å². The van der Waals surface area contributed by atoms with Crippen LogP contribution in [0.25, 0.3) is 10.2 Å². The van der Waals surface area contributed by atoms with E-state index in [1.807, 2.05) is 51.0 Å². The van der Waals surface area contributed by atoms with Crippen molar-refractivity contribution >= 4 is 54.8 Å². The molecule has 7 nitrogen and oxygen atoms in total. The minimum absolute atomic E-state index is 0. The van der Waals surface area contributed by atoms with Crippen LogP contribution in [-0.4, -0.2) is 63.8 Å². The normalized spacial score (nSPS) is 11.4. The Labute approximate surface area is 199 Å². The second kappa shape index (κ2) is 11.1. The summed E-state index contributed by atoms with van der Waals surface area (Å²) in [6.07, 6.45) is 0. The number of aromatic nitrogens is 1. The van der Waals surface area contributed by atoms with Gasteiger partial charge in [0.1, 0.15) is 11.5 Å². The van der Waals surface area contributed by atoms with Crippen molar-refractivity contribution in [3.05, 3.63) is 48.0 Å². The van der Waals surface area contributed by atoms with Gasteiger partial charge in [0.15, 0.2) is 15.0 Å². The molecule has 0 N–H and O–H groups in total. The lowest BCUT2D eigenvalue weighted by atomic mass is 10.2. The number of halogens is 1. The van der Waals surface area contributed by atoms with Crippen LogP contribution < -0.4 is 9.64 Å². The van der Waals surface area contributed by atoms with Gasteiger partial charge in [0, 0.05) is 13.1 Å². The average molecular weight is 498 g/mol. The van der Waals surface area contributed by atoms with Gasteiger partial charge in [-0.05, 0) is 58.3 Å². The highest BCUT2D eigenvalue weighted by molar-refractivity contribution is 7.92. The Morgan fingerprint density at radius 1 is 1.09 bits per heavy atom. The highest BCUT2D eigenvalue weighted by Gasteiger charge is 2.26. The van der Waals surface area contributed by atoms with E-state index in [-0.39, 0.29) is 17.3 Å². The van der Waals surface area contributed by atoms with Gasteiger partial charge in [-0.3, -0.25) is 9.69 Å². The molecule has 0 saturated heterocycles. The van der Waals surface area contributed by atoms with E-state index in [2.05, 4.69) is 4.98 Å². The van der Waals surface area contributed by atoms with Gasteiger partial charge in [0.25, 0.3) is 0 Å². The summed E-state index contributed by atoms with van der Waals surface area (Å²) in [5, 5.41) is 0.481. The molecule has 0 fully saturated rings. The average Bonchev–Trinajstić information content (AvgIpc) is 3.11. The zero-order valence-electron chi connectivity index (χ0n) is 18.6. The van der Waals surface area contributed by atoms with Crippen molar-refractivity contribution in [2.24, 2.45) is 0 Å². The van der Waals surface area contributed by atoms with Gasteiger partial charge in [-0.1, -0.05) is 29.0 Å². The van der Waals surface area contributed by atoms with Crippen LogP contribution in [0.3, 0.4) is 0 Å². The fourth-order valence-corrected chi connectivity index (χ4v) is 5.20. The van der Waals surface area contributed by atoms with E-state index in [1.54, 1.807) is 12.1 Å². The number of ether oxygens (including phenoxy) is 1. The topological polar surface area (TPSA) is 79.8 Å². The monoisotopic (exact) mass is 497 g/mol. The van der Waals surface area contributed by atoms with Crippen molar-refractivity contribution in [1.29, 1.82) is 0 Å². The number of sulfone groups is 1. The molecule has 0 aliphatic rings. The third-order valence-electron chi connectivity index (χ3n) is 4.66. The number of benzene rings is 2. The number of nitrogens with zero attached hydrogens (tertiary/aromatic N) is 3. The third kappa shape index (κ3) is 6.41. The Hall–Kier alpha value is -2.20. The molecule has 0 radical (unpaired) electrons. The van der Waals surface area contributed by atoms with Gasteiger partial charge in [0.05, 0.1) is 21.7 Å². The number of carbonyl (C=O) groups excluding carboxylic acids is 1. The summed E-state index contributed by atoms with van der Waals surface area (Å²) in [4.78, 5) is 21.3. The third-order valence-corrected chi connectivity index (χ3v) is 7.31. The predicted molar refractivity (Wildman–Crippen MR) is 132 cm³/mol. The molecule has 1 aromatic heterocycles. The second-order valence-electron chi connectivity index (χ2n) is 7.48. The zero-order chi connectivity index (χ0) is 22.6. The molecule has 2 aromatic carbocycles. The fraction of sp³-hybridized carbons (Fsp3) is 0.364. The van der Waals surface area contributed by atoms with Crippen LogP contribution in [0.2, 0.25) is 0 Å². The van der Waals surface area contributed by atoms with E-state index in [0.29, 0.717) is 24.8 Å². The van der Waals surface area contributed by atoms with Crippen LogP contribution in [0.5, 0.6) is 5.75 Å². The molecular weight excluding hydrogens is 470 g/mol. The number of carbonyl (C=O) groups is 1. The molecule has 0 unspecified atom stereocenters. The molecule has 0 aliphatic heterocycles. The van der Waals surface area contributed by atoms with E-state index in [9.17, 15) is 13.2 Å². The Bertz CT molecular complexity index is 1160. The predicted octanol–water partition coefficient (Wildman–Crippen LogP) is 3.79. The first-order valence-electron chi connectivity index (χ1n) is 9.97. The number of amides is 1. The number of fused-ring (bicyclic) bond motifs is 1. The number of aryl methyl sites for hydroxylation is 1. The molecule has 0 atom stereocenters. The number of likely N-dealkylation sites (N-methyl/N-ethyl adjacent to an activating group) is 1. The minimum atomic E-state index is -3.76. The first-order valence-corrected chi connectivity index (χ1v) is 12.4. The fourth-order valence-electron chi connectivity index (χ4n) is 2.96. The van der Waals surface area contributed by atoms with Crippen molar-refractivity contribution in [3.63, 3.8) is 0 Å². The Balaban J connectivity index is 0.00000363. The summed E-state index contributed by atoms with van der Waals surface area (Å²) < 4.78 is 32.1. The molecule has 1 heterocycles. The quantitative estimate of drug-likeness (QED) is 0.447. The van der Waals surface area contributed by atoms with Crippen LogP contribution >= 0.6 is 23.7 Å². The molecule has 1 amide bonds. The Morgan fingerprint density at radius 2 is 1.78 bits per heavy atom. The maximum Gasteiger partial charge on any atom is 0.244 e. The van der Waals surface area contributed by atoms with E-state index in [0.717, 1.165) is 21.5 Å². The summed E-state index contributed by atoms with van der Waals surface area (Å²) >= 11 is 1.35. The molecule has 3 aromatic rings. The van der Waals surface area contributed by atoms with Crippen LogP contribution in [-0.2, 0) is 14.6 Å². The number of thiazole rings is 1. The molecule has 0 aliphatic carbocycles. The summed E-state index contributed by atoms with van der Waals surface area (Å²) in [6.45, 7) is 5.28. The molecule has 0 saturated carbocycles. The van der Waals surface area contributed by atoms with Gasteiger partial charge >= 0.3 is 0 Å². The van der Waals surface area contributed by atoms with Crippen LogP contribution in [0, 0.1) is 6.92 Å².